The number of likely N-dealkylation sites (tertiary alicyclic amines) is 1. The Hall–Kier alpha value is -0.0800. The fourth-order valence-electron chi connectivity index (χ4n) is 4.16. The van der Waals surface area contributed by atoms with Crippen LogP contribution >= 0.6 is 0 Å². The molecule has 3 fully saturated rings. The number of nitrogens with zero attached hydrogens (tertiary/aromatic N) is 1. The quantitative estimate of drug-likeness (QED) is 0.765. The van der Waals surface area contributed by atoms with Crippen LogP contribution in [-0.2, 0) is 0 Å². The highest BCUT2D eigenvalue weighted by Crippen LogP contribution is 2.48. The second-order valence-electron chi connectivity index (χ2n) is 6.03. The van der Waals surface area contributed by atoms with Gasteiger partial charge in [-0.1, -0.05) is 6.42 Å². The van der Waals surface area contributed by atoms with E-state index in [9.17, 15) is 0 Å². The third kappa shape index (κ3) is 1.94. The van der Waals surface area contributed by atoms with Gasteiger partial charge in [0.15, 0.2) is 0 Å². The van der Waals surface area contributed by atoms with Gasteiger partial charge in [0.2, 0.25) is 0 Å². The van der Waals surface area contributed by atoms with Crippen LogP contribution in [-0.4, -0.2) is 36.2 Å². The number of fused-ring (bicyclic) bond motifs is 2. The van der Waals surface area contributed by atoms with Crippen molar-refractivity contribution in [1.82, 2.24) is 4.90 Å². The van der Waals surface area contributed by atoms with Gasteiger partial charge < -0.3 is 10.0 Å². The van der Waals surface area contributed by atoms with Gasteiger partial charge in [0, 0.05) is 19.7 Å². The van der Waals surface area contributed by atoms with E-state index in [4.69, 9.17) is 5.11 Å². The summed E-state index contributed by atoms with van der Waals surface area (Å²) < 4.78 is 0. The van der Waals surface area contributed by atoms with E-state index in [1.54, 1.807) is 0 Å². The third-order valence-corrected chi connectivity index (χ3v) is 5.01. The van der Waals surface area contributed by atoms with Crippen molar-refractivity contribution in [3.05, 3.63) is 0 Å². The molecule has 2 heteroatoms. The summed E-state index contributed by atoms with van der Waals surface area (Å²) in [5.74, 6) is 3.71. The van der Waals surface area contributed by atoms with Crippen LogP contribution in [0.1, 0.15) is 32.1 Å². The lowest BCUT2D eigenvalue weighted by atomic mass is 9.88. The number of aliphatic hydroxyl groups is 1. The molecule has 2 saturated carbocycles. The molecule has 15 heavy (non-hydrogen) atoms. The Kier molecular flexibility index (Phi) is 2.73. The minimum absolute atomic E-state index is 0.396. The Labute approximate surface area is 92.7 Å². The summed E-state index contributed by atoms with van der Waals surface area (Å²) in [4.78, 5) is 2.60. The van der Waals surface area contributed by atoms with Crippen LogP contribution in [0.15, 0.2) is 0 Å². The Morgan fingerprint density at radius 1 is 1.13 bits per heavy atom. The molecule has 1 N–H and O–H groups in total. The van der Waals surface area contributed by atoms with Gasteiger partial charge in [-0.3, -0.25) is 0 Å². The van der Waals surface area contributed by atoms with E-state index in [2.05, 4.69) is 4.90 Å². The lowest BCUT2D eigenvalue weighted by Gasteiger charge is -2.26. The van der Waals surface area contributed by atoms with Crippen LogP contribution in [0.2, 0.25) is 0 Å². The number of rotatable bonds is 3. The van der Waals surface area contributed by atoms with Crippen LogP contribution in [0.5, 0.6) is 0 Å². The minimum atomic E-state index is 0.396. The first-order valence-electron chi connectivity index (χ1n) is 6.68. The molecule has 3 rings (SSSR count). The van der Waals surface area contributed by atoms with Gasteiger partial charge in [0.1, 0.15) is 0 Å². The van der Waals surface area contributed by atoms with Gasteiger partial charge in [-0.15, -0.1) is 0 Å². The van der Waals surface area contributed by atoms with Crippen molar-refractivity contribution in [2.45, 2.75) is 32.1 Å². The van der Waals surface area contributed by atoms with Gasteiger partial charge in [-0.05, 0) is 55.9 Å². The zero-order valence-electron chi connectivity index (χ0n) is 9.57. The van der Waals surface area contributed by atoms with Crippen molar-refractivity contribution >= 4 is 0 Å². The molecule has 2 bridgehead atoms. The Morgan fingerprint density at radius 3 is 2.67 bits per heavy atom. The highest BCUT2D eigenvalue weighted by atomic mass is 16.3. The first kappa shape index (κ1) is 10.1. The monoisotopic (exact) mass is 209 g/mol. The molecule has 4 atom stereocenters. The summed E-state index contributed by atoms with van der Waals surface area (Å²) in [6.45, 7) is 4.12. The van der Waals surface area contributed by atoms with Gasteiger partial charge in [-0.25, -0.2) is 0 Å². The van der Waals surface area contributed by atoms with Crippen molar-refractivity contribution in [1.29, 1.82) is 0 Å². The standard InChI is InChI=1S/C13H23NO/c15-9-11-3-4-14(7-11)8-13-6-10-1-2-12(13)5-10/h10-13,15H,1-9H2. The Bertz CT molecular complexity index is 231. The molecule has 0 aromatic carbocycles. The summed E-state index contributed by atoms with van der Waals surface area (Å²) >= 11 is 0. The molecule has 1 heterocycles. The molecule has 4 unspecified atom stereocenters. The van der Waals surface area contributed by atoms with E-state index in [0.717, 1.165) is 24.3 Å². The molecule has 86 valence electrons. The summed E-state index contributed by atoms with van der Waals surface area (Å²) in [7, 11) is 0. The van der Waals surface area contributed by atoms with Crippen molar-refractivity contribution in [2.24, 2.45) is 23.7 Å². The van der Waals surface area contributed by atoms with Crippen LogP contribution < -0.4 is 0 Å². The van der Waals surface area contributed by atoms with E-state index in [0.29, 0.717) is 12.5 Å². The fourth-order valence-corrected chi connectivity index (χ4v) is 4.16. The molecule has 3 aliphatic rings. The van der Waals surface area contributed by atoms with E-state index in [1.165, 1.54) is 45.2 Å². The fraction of sp³-hybridized carbons (Fsp3) is 1.00. The van der Waals surface area contributed by atoms with Crippen molar-refractivity contribution in [3.8, 4) is 0 Å². The molecular weight excluding hydrogens is 186 g/mol. The third-order valence-electron chi connectivity index (χ3n) is 5.01. The maximum Gasteiger partial charge on any atom is 0.0471 e. The molecule has 0 aromatic rings. The summed E-state index contributed by atoms with van der Waals surface area (Å²) in [5.41, 5.74) is 0. The second-order valence-corrected chi connectivity index (χ2v) is 6.03. The molecule has 0 aromatic heterocycles. The average molecular weight is 209 g/mol. The lowest BCUT2D eigenvalue weighted by Crippen LogP contribution is -2.30. The largest absolute Gasteiger partial charge is 0.396 e. The normalized spacial score (nSPS) is 45.4. The van der Waals surface area contributed by atoms with E-state index in [-0.39, 0.29) is 0 Å². The van der Waals surface area contributed by atoms with Gasteiger partial charge in [-0.2, -0.15) is 0 Å². The highest BCUT2D eigenvalue weighted by Gasteiger charge is 2.40. The smallest absolute Gasteiger partial charge is 0.0471 e. The predicted octanol–water partition coefficient (Wildman–Crippen LogP) is 1.74. The maximum atomic E-state index is 9.12. The van der Waals surface area contributed by atoms with Gasteiger partial charge >= 0.3 is 0 Å². The lowest BCUT2D eigenvalue weighted by molar-refractivity contribution is 0.193. The number of hydrogen-bond acceptors (Lipinski definition) is 2. The highest BCUT2D eigenvalue weighted by molar-refractivity contribution is 4.92. The van der Waals surface area contributed by atoms with E-state index < -0.39 is 0 Å². The van der Waals surface area contributed by atoms with Crippen LogP contribution in [0.4, 0.5) is 0 Å². The molecule has 0 amide bonds. The molecular formula is C13H23NO. The van der Waals surface area contributed by atoms with Crippen LogP contribution in [0.3, 0.4) is 0 Å². The summed E-state index contributed by atoms with van der Waals surface area (Å²) in [5, 5.41) is 9.12. The van der Waals surface area contributed by atoms with Crippen LogP contribution in [0, 0.1) is 23.7 Å². The maximum absolute atomic E-state index is 9.12. The molecule has 2 nitrogen and oxygen atoms in total. The van der Waals surface area contributed by atoms with Crippen molar-refractivity contribution in [3.63, 3.8) is 0 Å². The van der Waals surface area contributed by atoms with E-state index in [1.807, 2.05) is 0 Å². The SMILES string of the molecule is OCC1CCN(CC2CC3CCC2C3)C1. The minimum Gasteiger partial charge on any atom is -0.396 e. The first-order valence-corrected chi connectivity index (χ1v) is 6.68. The topological polar surface area (TPSA) is 23.5 Å². The van der Waals surface area contributed by atoms with Gasteiger partial charge in [0.25, 0.3) is 0 Å². The molecule has 0 radical (unpaired) electrons. The molecule has 1 aliphatic heterocycles. The first-order chi connectivity index (χ1) is 7.35. The zero-order valence-corrected chi connectivity index (χ0v) is 9.57. The van der Waals surface area contributed by atoms with Crippen molar-refractivity contribution in [2.75, 3.05) is 26.2 Å². The number of aliphatic hydroxyl groups excluding tert-OH is 1. The van der Waals surface area contributed by atoms with Crippen LogP contribution in [0.25, 0.3) is 0 Å². The summed E-state index contributed by atoms with van der Waals surface area (Å²) in [6.07, 6.45) is 7.28. The average Bonchev–Trinajstić information content (AvgIpc) is 2.92. The number of hydrogen-bond donors (Lipinski definition) is 1. The molecule has 1 saturated heterocycles. The summed E-state index contributed by atoms with van der Waals surface area (Å²) in [6, 6.07) is 0. The van der Waals surface area contributed by atoms with Crippen molar-refractivity contribution < 1.29 is 5.11 Å². The van der Waals surface area contributed by atoms with Gasteiger partial charge in [0.05, 0.1) is 0 Å². The predicted molar refractivity (Wildman–Crippen MR) is 60.6 cm³/mol. The zero-order chi connectivity index (χ0) is 10.3. The second kappa shape index (κ2) is 4.06. The molecule has 2 aliphatic carbocycles. The van der Waals surface area contributed by atoms with E-state index >= 15 is 0 Å². The Balaban J connectivity index is 1.50. The Morgan fingerprint density at radius 2 is 2.07 bits per heavy atom. The molecule has 0 spiro atoms.